The first-order valence-electron chi connectivity index (χ1n) is 7.22. The molecule has 0 saturated carbocycles. The first kappa shape index (κ1) is 24.2. The number of rotatable bonds is 4. The third-order valence-corrected chi connectivity index (χ3v) is 3.17. The highest BCUT2D eigenvalue weighted by atomic mass is 36.0. The molecular weight excluding hydrogens is 473 g/mol. The van der Waals surface area contributed by atoms with Crippen molar-refractivity contribution in [3.63, 3.8) is 0 Å². The summed E-state index contributed by atoms with van der Waals surface area (Å²) < 4.78 is 31.5. The van der Waals surface area contributed by atoms with E-state index in [9.17, 15) is 4.39 Å². The first-order valence-corrected chi connectivity index (χ1v) is 10.7. The van der Waals surface area contributed by atoms with Gasteiger partial charge in [0.15, 0.2) is 0 Å². The Kier molecular flexibility index (Phi) is 9.71. The van der Waals surface area contributed by atoms with Crippen LogP contribution in [-0.4, -0.2) is 18.4 Å². The van der Waals surface area contributed by atoms with Gasteiger partial charge in [0.05, 0.1) is 5.02 Å². The first-order chi connectivity index (χ1) is 12.7. The number of hydrogen-bond acceptors (Lipinski definition) is 6. The van der Waals surface area contributed by atoms with E-state index < -0.39 is 14.1 Å². The fourth-order valence-corrected chi connectivity index (χ4v) is 2.04. The monoisotopic (exact) mass is 484 g/mol. The predicted molar refractivity (Wildman–Crippen MR) is 114 cm³/mol. The summed E-state index contributed by atoms with van der Waals surface area (Å²) in [6, 6.07) is 15.7. The molecule has 2 N–H and O–H groups in total. The molecule has 0 spiro atoms. The number of nitrogens with one attached hydrogen (secondary N) is 2. The van der Waals surface area contributed by atoms with Gasteiger partial charge in [-0.05, 0) is 36.4 Å². The van der Waals surface area contributed by atoms with Crippen LogP contribution in [0.5, 0.6) is 0 Å². The topological polar surface area (TPSA) is 84.0 Å². The standard InChI is InChI=1S/C16H12ClFN4.Cl2O2S.ClH/c17-13-10-12(6-7-14(13)18)20-15-8-9-19-16(22-15)21-11-4-2-1-3-5-11;1-5(2,3)4;/h1-10H,(H2,19,20,21,22);;1H. The Morgan fingerprint density at radius 2 is 1.57 bits per heavy atom. The van der Waals surface area contributed by atoms with Crippen molar-refractivity contribution in [2.75, 3.05) is 10.6 Å². The lowest BCUT2D eigenvalue weighted by atomic mass is 10.3. The summed E-state index contributed by atoms with van der Waals surface area (Å²) in [5.41, 5.74) is 1.54. The van der Waals surface area contributed by atoms with Gasteiger partial charge in [0, 0.05) is 38.9 Å². The van der Waals surface area contributed by atoms with E-state index in [1.54, 1.807) is 18.3 Å². The van der Waals surface area contributed by atoms with Crippen LogP contribution in [0.3, 0.4) is 0 Å². The number of para-hydroxylation sites is 1. The predicted octanol–water partition coefficient (Wildman–Crippen LogP) is 5.89. The van der Waals surface area contributed by atoms with E-state index in [2.05, 4.69) is 42.0 Å². The summed E-state index contributed by atoms with van der Waals surface area (Å²) in [5.74, 6) is 0.585. The third kappa shape index (κ3) is 9.38. The molecule has 1 heterocycles. The maximum atomic E-state index is 13.1. The van der Waals surface area contributed by atoms with Crippen molar-refractivity contribution in [2.45, 2.75) is 0 Å². The zero-order valence-electron chi connectivity index (χ0n) is 13.8. The van der Waals surface area contributed by atoms with Crippen molar-refractivity contribution < 1.29 is 12.8 Å². The Bertz CT molecular complexity index is 1000. The van der Waals surface area contributed by atoms with Crippen molar-refractivity contribution in [2.24, 2.45) is 0 Å². The number of hydrogen-bond donors (Lipinski definition) is 2. The van der Waals surface area contributed by atoms with E-state index in [1.807, 2.05) is 30.3 Å². The summed E-state index contributed by atoms with van der Waals surface area (Å²) >= 11 is 5.76. The van der Waals surface area contributed by atoms with Gasteiger partial charge in [-0.2, -0.15) is 13.4 Å². The molecule has 0 aliphatic carbocycles. The molecule has 2 aromatic carbocycles. The van der Waals surface area contributed by atoms with Gasteiger partial charge in [-0.15, -0.1) is 12.4 Å². The molecule has 0 unspecified atom stereocenters. The molecule has 0 amide bonds. The van der Waals surface area contributed by atoms with Crippen LogP contribution >= 0.6 is 45.4 Å². The van der Waals surface area contributed by atoms with Crippen LogP contribution in [0.25, 0.3) is 0 Å². The van der Waals surface area contributed by atoms with Crippen molar-refractivity contribution >= 4 is 76.8 Å². The van der Waals surface area contributed by atoms with E-state index in [0.29, 0.717) is 17.5 Å². The molecule has 12 heteroatoms. The highest BCUT2D eigenvalue weighted by Crippen LogP contribution is 2.22. The highest BCUT2D eigenvalue weighted by Gasteiger charge is 2.03. The van der Waals surface area contributed by atoms with Crippen LogP contribution in [0, 0.1) is 5.82 Å². The van der Waals surface area contributed by atoms with Gasteiger partial charge in [0.25, 0.3) is 0 Å². The van der Waals surface area contributed by atoms with Crippen LogP contribution in [0.15, 0.2) is 60.8 Å². The van der Waals surface area contributed by atoms with E-state index in [-0.39, 0.29) is 17.4 Å². The lowest BCUT2D eigenvalue weighted by molar-refractivity contribution is 0.621. The van der Waals surface area contributed by atoms with Crippen LogP contribution < -0.4 is 10.6 Å². The molecule has 1 aromatic heterocycles. The molecule has 0 bridgehead atoms. The molecule has 28 heavy (non-hydrogen) atoms. The molecule has 0 aliphatic rings. The highest BCUT2D eigenvalue weighted by molar-refractivity contribution is 8.31. The summed E-state index contributed by atoms with van der Waals surface area (Å²) in [6.07, 6.45) is 1.63. The Morgan fingerprint density at radius 1 is 0.929 bits per heavy atom. The van der Waals surface area contributed by atoms with Gasteiger partial charge >= 0.3 is 8.26 Å². The number of anilines is 4. The largest absolute Gasteiger partial charge is 0.340 e. The molecule has 3 aromatic rings. The normalized spacial score (nSPS) is 10.1. The average Bonchev–Trinajstić information content (AvgIpc) is 2.58. The molecule has 0 aliphatic heterocycles. The van der Waals surface area contributed by atoms with Gasteiger partial charge in [0.1, 0.15) is 11.6 Å². The minimum atomic E-state index is -3.72. The lowest BCUT2D eigenvalue weighted by Gasteiger charge is -2.08. The molecule has 150 valence electrons. The van der Waals surface area contributed by atoms with Gasteiger partial charge in [0.2, 0.25) is 5.95 Å². The Labute approximate surface area is 181 Å². The van der Waals surface area contributed by atoms with Crippen molar-refractivity contribution in [1.29, 1.82) is 0 Å². The number of halogens is 5. The fourth-order valence-electron chi connectivity index (χ4n) is 1.86. The van der Waals surface area contributed by atoms with Crippen LogP contribution in [0.2, 0.25) is 5.02 Å². The Balaban J connectivity index is 0.000000584. The zero-order valence-corrected chi connectivity index (χ0v) is 17.7. The van der Waals surface area contributed by atoms with Crippen LogP contribution in [0.4, 0.5) is 27.5 Å². The minimum Gasteiger partial charge on any atom is -0.340 e. The minimum absolute atomic E-state index is 0. The maximum Gasteiger partial charge on any atom is 0.317 e. The number of benzene rings is 2. The summed E-state index contributed by atoms with van der Waals surface area (Å²) in [5, 5.41) is 6.22. The third-order valence-electron chi connectivity index (χ3n) is 2.88. The summed E-state index contributed by atoms with van der Waals surface area (Å²) in [7, 11) is 4.81. The quantitative estimate of drug-likeness (QED) is 0.448. The molecular formula is C16H13Cl4FN4O2S. The lowest BCUT2D eigenvalue weighted by Crippen LogP contribution is -2.00. The van der Waals surface area contributed by atoms with E-state index in [4.69, 9.17) is 20.0 Å². The Morgan fingerprint density at radius 3 is 2.18 bits per heavy atom. The molecule has 6 nitrogen and oxygen atoms in total. The molecule has 0 saturated heterocycles. The second-order valence-electron chi connectivity index (χ2n) is 4.89. The zero-order chi connectivity index (χ0) is 19.9. The van der Waals surface area contributed by atoms with Crippen molar-refractivity contribution in [3.05, 3.63) is 71.6 Å². The fraction of sp³-hybridized carbons (Fsp3) is 0. The summed E-state index contributed by atoms with van der Waals surface area (Å²) in [4.78, 5) is 8.50. The van der Waals surface area contributed by atoms with E-state index in [0.717, 1.165) is 5.69 Å². The molecule has 3 rings (SSSR count). The number of aromatic nitrogens is 2. The maximum absolute atomic E-state index is 13.1. The summed E-state index contributed by atoms with van der Waals surface area (Å²) in [6.45, 7) is 0. The molecule has 0 radical (unpaired) electrons. The molecule has 0 atom stereocenters. The second-order valence-corrected chi connectivity index (χ2v) is 8.96. The SMILES string of the molecule is Cl.Fc1ccc(Nc2ccnc(Nc3ccccc3)n2)cc1Cl.O=S(=O)(Cl)Cl. The van der Waals surface area contributed by atoms with Gasteiger partial charge in [-0.1, -0.05) is 29.8 Å². The molecule has 0 fully saturated rings. The van der Waals surface area contributed by atoms with Crippen LogP contribution in [-0.2, 0) is 8.26 Å². The van der Waals surface area contributed by atoms with Gasteiger partial charge < -0.3 is 10.6 Å². The Hall–Kier alpha value is -1.84. The van der Waals surface area contributed by atoms with E-state index >= 15 is 0 Å². The van der Waals surface area contributed by atoms with Gasteiger partial charge in [-0.3, -0.25) is 0 Å². The van der Waals surface area contributed by atoms with Crippen LogP contribution in [0.1, 0.15) is 0 Å². The number of nitrogens with zero attached hydrogens (tertiary/aromatic N) is 2. The average molecular weight is 486 g/mol. The smallest absolute Gasteiger partial charge is 0.317 e. The van der Waals surface area contributed by atoms with Crippen molar-refractivity contribution in [3.8, 4) is 0 Å². The van der Waals surface area contributed by atoms with E-state index in [1.165, 1.54) is 12.1 Å². The second kappa shape index (κ2) is 11.2. The van der Waals surface area contributed by atoms with Gasteiger partial charge in [-0.25, -0.2) is 9.37 Å². The van der Waals surface area contributed by atoms with Crippen molar-refractivity contribution in [1.82, 2.24) is 9.97 Å².